The van der Waals surface area contributed by atoms with Gasteiger partial charge in [-0.3, -0.25) is 23.6 Å². The first-order valence-electron chi connectivity index (χ1n) is 15.2. The second-order valence-corrected chi connectivity index (χ2v) is 11.7. The zero-order valence-corrected chi connectivity index (χ0v) is 33.4. The van der Waals surface area contributed by atoms with Crippen LogP contribution in [-0.4, -0.2) is 161 Å². The first-order chi connectivity index (χ1) is 23.3. The molecule has 25 heteroatoms. The van der Waals surface area contributed by atoms with Gasteiger partial charge in [-0.1, -0.05) is 6.92 Å². The van der Waals surface area contributed by atoms with Crippen LogP contribution in [0, 0.1) is 26.7 Å². The number of carboxylic acid groups (broad SMARTS) is 2. The van der Waals surface area contributed by atoms with Gasteiger partial charge in [0.2, 0.25) is 23.8 Å². The number of methoxy groups -OCH3 is 1. The van der Waals surface area contributed by atoms with E-state index in [0.717, 1.165) is 0 Å². The van der Waals surface area contributed by atoms with Gasteiger partial charge in [-0.15, -0.1) is 4.33 Å². The Kier molecular flexibility index (Phi) is 32.6. The third kappa shape index (κ3) is 17.3. The first-order valence-corrected chi connectivity index (χ1v) is 15.9. The minimum Gasteiger partial charge on any atom is -0.691 e. The van der Waals surface area contributed by atoms with Crippen molar-refractivity contribution < 1.29 is 119 Å². The van der Waals surface area contributed by atoms with Crippen molar-refractivity contribution in [3.05, 3.63) is 14.9 Å². The maximum absolute atomic E-state index is 12.9. The fourth-order valence-electron chi connectivity index (χ4n) is 5.78. The zero-order chi connectivity index (χ0) is 36.7. The minimum atomic E-state index is -2.23. The number of nitrogens with one attached hydrogen (secondary N) is 3. The number of ether oxygens (including phenoxy) is 4. The predicted molar refractivity (Wildman–Crippen MR) is 178 cm³/mol. The van der Waals surface area contributed by atoms with Crippen molar-refractivity contribution in [1.82, 2.24) is 16.0 Å². The second kappa shape index (κ2) is 30.1. The zero-order valence-electron chi connectivity index (χ0n) is 30.3. The molecular formula is C29H54N3O20PtS-. The van der Waals surface area contributed by atoms with Crippen LogP contribution in [0.5, 0.6) is 0 Å². The van der Waals surface area contributed by atoms with E-state index in [1.165, 1.54) is 14.0 Å². The van der Waals surface area contributed by atoms with E-state index < -0.39 is 104 Å². The summed E-state index contributed by atoms with van der Waals surface area (Å²) in [7, 11) is 1.44. The van der Waals surface area contributed by atoms with E-state index in [4.69, 9.17) is 33.3 Å². The van der Waals surface area contributed by atoms with Crippen LogP contribution in [0.1, 0.15) is 33.1 Å². The fraction of sp³-hybridized carbons (Fsp3) is 0.759. The molecule has 10 atom stereocenters. The van der Waals surface area contributed by atoms with E-state index in [1.54, 1.807) is 12.2 Å². The van der Waals surface area contributed by atoms with Gasteiger partial charge in [-0.25, -0.2) is 9.59 Å². The van der Waals surface area contributed by atoms with Crippen LogP contribution in [-0.2, 0) is 77.5 Å². The topological polar surface area (TPSA) is 373 Å². The molecule has 0 aliphatic carbocycles. The van der Waals surface area contributed by atoms with Crippen molar-refractivity contribution in [3.8, 4) is 0 Å². The quantitative estimate of drug-likeness (QED) is 0.0133. The first kappa shape index (κ1) is 58.6. The van der Waals surface area contributed by atoms with Crippen LogP contribution in [0.15, 0.2) is 0 Å². The Bertz CT molecular complexity index is 1090. The number of aliphatic hydroxyl groups is 3. The van der Waals surface area contributed by atoms with Gasteiger partial charge in [-0.05, 0) is 19.3 Å². The van der Waals surface area contributed by atoms with Crippen LogP contribution < -0.4 is 21.2 Å². The number of carbonyl (C=O) groups is 5. The average Bonchev–Trinajstić information content (AvgIpc) is 3.05. The van der Waals surface area contributed by atoms with Crippen LogP contribution >= 0.6 is 12.3 Å². The number of rotatable bonds is 21. The summed E-state index contributed by atoms with van der Waals surface area (Å²) in [5.74, 6) is -7.41. The molecule has 2 saturated heterocycles. The number of hydrogen-bond donors (Lipinski definition) is 8. The van der Waals surface area contributed by atoms with Crippen LogP contribution in [0.2, 0.25) is 0 Å². The summed E-state index contributed by atoms with van der Waals surface area (Å²) in [4.78, 5) is 59.1. The molecular weight excluding hydrogens is 937 g/mol. The maximum Gasteiger partial charge on any atom is 2.00 e. The summed E-state index contributed by atoms with van der Waals surface area (Å²) < 4.78 is 32.4. The smallest absolute Gasteiger partial charge is 0.691 e. The van der Waals surface area contributed by atoms with Crippen molar-refractivity contribution >= 4 is 42.0 Å². The Morgan fingerprint density at radius 3 is 2.09 bits per heavy atom. The Balaban J connectivity index is -0.00000250. The standard InChI is InChI=1S/C27H45N3O18S.2CH3.2H2O.Pt/c1-4-13-21(34)22(35)17(45-24(13)25(36)28-8-18(33)30-20(26(37)38)27(39)40)11-43-7-5-6-14-19(29-12(2)32)16(10-42-3)44-15(9-31)23(14)46-49-48-47-41;;;;;/h13-17,19-24,31,34-35,41H,4-11H2,1-3H3,(H,28,36)(H,29,32)(H,30,33)(H,37,38)(H,39,40);2*1H3;2*1H2;/q;2*-1;;;+2/p-1/t13-,14-,15?,16-,17-,19?,21+,22?,23+,24?;;;;;/m0...../s1. The van der Waals surface area contributed by atoms with Gasteiger partial charge in [0, 0.05) is 32.5 Å². The fourth-order valence-corrected chi connectivity index (χ4v) is 6.19. The van der Waals surface area contributed by atoms with Gasteiger partial charge in [0.25, 0.3) is 0 Å². The molecule has 2 aliphatic heterocycles. The van der Waals surface area contributed by atoms with Crippen LogP contribution in [0.25, 0.3) is 0 Å². The van der Waals surface area contributed by atoms with E-state index in [-0.39, 0.29) is 91.3 Å². The van der Waals surface area contributed by atoms with E-state index in [1.807, 2.05) is 0 Å². The molecule has 0 aromatic rings. The monoisotopic (exact) mass is 991 g/mol. The summed E-state index contributed by atoms with van der Waals surface area (Å²) in [6, 6.07) is -2.89. The minimum absolute atomic E-state index is 0. The second-order valence-electron chi connectivity index (χ2n) is 11.3. The van der Waals surface area contributed by atoms with E-state index >= 15 is 0 Å². The summed E-state index contributed by atoms with van der Waals surface area (Å²) in [5.41, 5.74) is 0. The Labute approximate surface area is 331 Å². The number of aliphatic hydroxyl groups excluding tert-OH is 3. The molecule has 23 nitrogen and oxygen atoms in total. The van der Waals surface area contributed by atoms with Crippen molar-refractivity contribution in [2.45, 2.75) is 87.9 Å². The molecule has 0 aromatic heterocycles. The molecule has 4 unspecified atom stereocenters. The molecule has 0 spiro atoms. The van der Waals surface area contributed by atoms with Gasteiger partial charge in [0.05, 0.1) is 38.5 Å². The van der Waals surface area contributed by atoms with Gasteiger partial charge in [0.1, 0.15) is 36.6 Å². The molecule has 0 radical (unpaired) electrons. The van der Waals surface area contributed by atoms with Gasteiger partial charge in [0.15, 0.2) is 12.3 Å². The summed E-state index contributed by atoms with van der Waals surface area (Å²) in [6.07, 6.45) is -7.11. The Morgan fingerprint density at radius 1 is 0.944 bits per heavy atom. The normalized spacial score (nSPS) is 27.3. The average molecular weight is 992 g/mol. The number of carboxylic acids is 2. The van der Waals surface area contributed by atoms with Gasteiger partial charge >= 0.3 is 33.0 Å². The van der Waals surface area contributed by atoms with E-state index in [9.17, 15) is 44.5 Å². The van der Waals surface area contributed by atoms with Crippen molar-refractivity contribution in [3.63, 3.8) is 0 Å². The summed E-state index contributed by atoms with van der Waals surface area (Å²) >= 11 is 0.224. The SMILES string of the molecule is CC[C@@H]1C(C(=O)NCC(=O)NC(C(=O)O)C(=O)O)O[C@@H](COCCC[C@H]2C(NC(C)=O)[C@H](COC)OC(CO)[C@@H]2OSOO[O-])C(O)[C@@H]1O.O.O.[CH3-].[CH3-].[Pt+2]. The van der Waals surface area contributed by atoms with E-state index in [0.29, 0.717) is 12.8 Å². The third-order valence-corrected chi connectivity index (χ3v) is 8.44. The predicted octanol–water partition coefficient (Wildman–Crippen LogP) is -4.98. The van der Waals surface area contributed by atoms with Gasteiger partial charge in [-0.2, -0.15) is 0 Å². The maximum atomic E-state index is 12.9. The summed E-state index contributed by atoms with van der Waals surface area (Å²) in [6.45, 7) is 1.51. The molecule has 0 bridgehead atoms. The molecule has 2 rings (SSSR count). The molecule has 0 aromatic carbocycles. The number of hydrogen-bond acceptors (Lipinski definition) is 17. The Hall–Kier alpha value is -2.13. The molecule has 2 heterocycles. The molecule has 3 amide bonds. The molecule has 2 aliphatic rings. The molecule has 2 fully saturated rings. The van der Waals surface area contributed by atoms with Crippen molar-refractivity contribution in [2.24, 2.45) is 11.8 Å². The molecule has 12 N–H and O–H groups in total. The van der Waals surface area contributed by atoms with Crippen LogP contribution in [0.3, 0.4) is 0 Å². The van der Waals surface area contributed by atoms with Crippen LogP contribution in [0.4, 0.5) is 0 Å². The Morgan fingerprint density at radius 2 is 1.57 bits per heavy atom. The molecule has 0 saturated carbocycles. The molecule has 54 heavy (non-hydrogen) atoms. The van der Waals surface area contributed by atoms with E-state index in [2.05, 4.69) is 20.0 Å². The van der Waals surface area contributed by atoms with Crippen molar-refractivity contribution in [2.75, 3.05) is 40.1 Å². The number of carbonyl (C=O) groups excluding carboxylic acids is 3. The van der Waals surface area contributed by atoms with Crippen molar-refractivity contribution in [1.29, 1.82) is 0 Å². The van der Waals surface area contributed by atoms with Gasteiger partial charge < -0.3 is 91.5 Å². The summed E-state index contributed by atoms with van der Waals surface area (Å²) in [5, 5.41) is 69.6. The molecule has 322 valence electrons. The number of amides is 3. The number of aliphatic carboxylic acids is 2. The largest absolute Gasteiger partial charge is 2.00 e. The third-order valence-electron chi connectivity index (χ3n) is 8.03.